The summed E-state index contributed by atoms with van der Waals surface area (Å²) in [6.45, 7) is 5.56. The molecule has 3 aromatic rings. The highest BCUT2D eigenvalue weighted by atomic mass is 32.2. The largest absolute Gasteiger partial charge is 0.334 e. The summed E-state index contributed by atoms with van der Waals surface area (Å²) in [7, 11) is -3.63. The highest BCUT2D eigenvalue weighted by Crippen LogP contribution is 2.22. The third-order valence-corrected chi connectivity index (χ3v) is 5.08. The molecule has 0 fully saturated rings. The van der Waals surface area contributed by atoms with Gasteiger partial charge < -0.3 is 4.52 Å². The molecule has 0 aliphatic carbocycles. The van der Waals surface area contributed by atoms with E-state index in [0.29, 0.717) is 17.4 Å². The van der Waals surface area contributed by atoms with Gasteiger partial charge in [0.25, 0.3) is 15.9 Å². The van der Waals surface area contributed by atoms with Crippen LogP contribution in [0, 0.1) is 20.8 Å². The second-order valence-electron chi connectivity index (χ2n) is 5.58. The number of nitrogens with zero attached hydrogens (tertiary/aromatic N) is 2. The van der Waals surface area contributed by atoms with Gasteiger partial charge in [0.2, 0.25) is 0 Å². The fourth-order valence-corrected chi connectivity index (χ4v) is 3.33. The maximum atomic E-state index is 12.5. The summed E-state index contributed by atoms with van der Waals surface area (Å²) in [5, 5.41) is 3.73. The molecule has 0 aliphatic rings. The van der Waals surface area contributed by atoms with Gasteiger partial charge in [-0.3, -0.25) is 4.72 Å². The summed E-state index contributed by atoms with van der Waals surface area (Å²) in [4.78, 5) is 4.37. The van der Waals surface area contributed by atoms with Gasteiger partial charge >= 0.3 is 0 Å². The number of benzene rings is 2. The number of hydrogen-bond acceptors (Lipinski definition) is 5. The zero-order valence-corrected chi connectivity index (χ0v) is 14.4. The van der Waals surface area contributed by atoms with Crippen molar-refractivity contribution in [2.24, 2.45) is 0 Å². The van der Waals surface area contributed by atoms with E-state index in [2.05, 4.69) is 14.9 Å². The van der Waals surface area contributed by atoms with Crippen molar-refractivity contribution in [1.82, 2.24) is 10.1 Å². The standard InChI is InChI=1S/C17H17N3O3S/c1-11-4-9-16(10-12(11)2)24(21,22)20-15-7-5-14(6-8-15)17-18-13(3)19-23-17/h4-10,20H,1-3H3. The Morgan fingerprint density at radius 3 is 2.25 bits per heavy atom. The van der Waals surface area contributed by atoms with E-state index < -0.39 is 10.0 Å². The Morgan fingerprint density at radius 2 is 1.67 bits per heavy atom. The SMILES string of the molecule is Cc1noc(-c2ccc(NS(=O)(=O)c3ccc(C)c(C)c3)cc2)n1. The summed E-state index contributed by atoms with van der Waals surface area (Å²) in [6.07, 6.45) is 0. The van der Waals surface area contributed by atoms with E-state index in [1.54, 1.807) is 49.4 Å². The van der Waals surface area contributed by atoms with Gasteiger partial charge in [0.05, 0.1) is 4.90 Å². The number of aryl methyl sites for hydroxylation is 3. The van der Waals surface area contributed by atoms with E-state index in [-0.39, 0.29) is 4.90 Å². The first kappa shape index (κ1) is 16.2. The van der Waals surface area contributed by atoms with Gasteiger partial charge in [-0.15, -0.1) is 0 Å². The predicted molar refractivity (Wildman–Crippen MR) is 91.2 cm³/mol. The molecule has 0 bridgehead atoms. The average Bonchev–Trinajstić information content (AvgIpc) is 2.97. The van der Waals surface area contributed by atoms with Crippen LogP contribution in [-0.4, -0.2) is 18.6 Å². The average molecular weight is 343 g/mol. The summed E-state index contributed by atoms with van der Waals surface area (Å²) in [5.74, 6) is 0.945. The number of hydrogen-bond donors (Lipinski definition) is 1. The molecular weight excluding hydrogens is 326 g/mol. The minimum atomic E-state index is -3.63. The van der Waals surface area contributed by atoms with E-state index >= 15 is 0 Å². The highest BCUT2D eigenvalue weighted by molar-refractivity contribution is 7.92. The third-order valence-electron chi connectivity index (χ3n) is 3.70. The molecule has 0 saturated carbocycles. The normalized spacial score (nSPS) is 11.5. The minimum Gasteiger partial charge on any atom is -0.334 e. The number of aromatic nitrogens is 2. The molecule has 1 aromatic heterocycles. The van der Waals surface area contributed by atoms with Crippen molar-refractivity contribution in [1.29, 1.82) is 0 Å². The van der Waals surface area contributed by atoms with Gasteiger partial charge in [-0.25, -0.2) is 8.42 Å². The van der Waals surface area contributed by atoms with E-state index in [1.807, 2.05) is 13.8 Å². The van der Waals surface area contributed by atoms with Gasteiger partial charge in [-0.1, -0.05) is 11.2 Å². The second-order valence-corrected chi connectivity index (χ2v) is 7.26. The molecule has 24 heavy (non-hydrogen) atoms. The molecule has 2 aromatic carbocycles. The smallest absolute Gasteiger partial charge is 0.261 e. The van der Waals surface area contributed by atoms with Crippen molar-refractivity contribution in [3.8, 4) is 11.5 Å². The van der Waals surface area contributed by atoms with E-state index in [1.165, 1.54) is 0 Å². The molecule has 0 unspecified atom stereocenters. The zero-order chi connectivity index (χ0) is 17.3. The first-order valence-electron chi connectivity index (χ1n) is 7.36. The van der Waals surface area contributed by atoms with Crippen LogP contribution in [0.4, 0.5) is 5.69 Å². The predicted octanol–water partition coefficient (Wildman–Crippen LogP) is 3.46. The summed E-state index contributed by atoms with van der Waals surface area (Å²) in [6, 6.07) is 11.8. The Labute approximate surface area is 140 Å². The van der Waals surface area contributed by atoms with Crippen LogP contribution >= 0.6 is 0 Å². The Morgan fingerprint density at radius 1 is 0.958 bits per heavy atom. The minimum absolute atomic E-state index is 0.238. The van der Waals surface area contributed by atoms with Crippen LogP contribution in [0.3, 0.4) is 0 Å². The Bertz CT molecular complexity index is 977. The lowest BCUT2D eigenvalue weighted by atomic mass is 10.1. The maximum Gasteiger partial charge on any atom is 0.261 e. The summed E-state index contributed by atoms with van der Waals surface area (Å²) >= 11 is 0. The fourth-order valence-electron chi connectivity index (χ4n) is 2.19. The first-order valence-corrected chi connectivity index (χ1v) is 8.84. The van der Waals surface area contributed by atoms with Crippen LogP contribution in [0.2, 0.25) is 0 Å². The second kappa shape index (κ2) is 6.09. The van der Waals surface area contributed by atoms with Crippen LogP contribution in [-0.2, 0) is 10.0 Å². The zero-order valence-electron chi connectivity index (χ0n) is 13.6. The van der Waals surface area contributed by atoms with Gasteiger partial charge in [0.15, 0.2) is 5.82 Å². The van der Waals surface area contributed by atoms with Gasteiger partial charge in [-0.05, 0) is 68.3 Å². The Kier molecular flexibility index (Phi) is 4.11. The number of sulfonamides is 1. The maximum absolute atomic E-state index is 12.5. The molecule has 1 heterocycles. The van der Waals surface area contributed by atoms with Crippen LogP contribution in [0.25, 0.3) is 11.5 Å². The van der Waals surface area contributed by atoms with Crippen LogP contribution < -0.4 is 4.72 Å². The molecule has 124 valence electrons. The summed E-state index contributed by atoms with van der Waals surface area (Å²) in [5.41, 5.74) is 3.17. The van der Waals surface area contributed by atoms with Crippen molar-refractivity contribution >= 4 is 15.7 Å². The number of anilines is 1. The monoisotopic (exact) mass is 343 g/mol. The third kappa shape index (κ3) is 3.30. The van der Waals surface area contributed by atoms with Gasteiger partial charge in [0.1, 0.15) is 0 Å². The van der Waals surface area contributed by atoms with E-state index in [9.17, 15) is 8.42 Å². The van der Waals surface area contributed by atoms with E-state index in [4.69, 9.17) is 4.52 Å². The Balaban J connectivity index is 1.83. The molecule has 0 atom stereocenters. The van der Waals surface area contributed by atoms with Crippen molar-refractivity contribution in [2.45, 2.75) is 25.7 Å². The van der Waals surface area contributed by atoms with E-state index in [0.717, 1.165) is 16.7 Å². The Hall–Kier alpha value is -2.67. The van der Waals surface area contributed by atoms with Crippen molar-refractivity contribution < 1.29 is 12.9 Å². The van der Waals surface area contributed by atoms with Crippen LogP contribution in [0.15, 0.2) is 51.9 Å². The highest BCUT2D eigenvalue weighted by Gasteiger charge is 2.15. The quantitative estimate of drug-likeness (QED) is 0.784. The lowest BCUT2D eigenvalue weighted by molar-refractivity contribution is 0.425. The molecule has 0 saturated heterocycles. The van der Waals surface area contributed by atoms with Crippen molar-refractivity contribution in [2.75, 3.05) is 4.72 Å². The van der Waals surface area contributed by atoms with Gasteiger partial charge in [0, 0.05) is 11.3 Å². The fraction of sp³-hybridized carbons (Fsp3) is 0.176. The number of rotatable bonds is 4. The topological polar surface area (TPSA) is 85.1 Å². The molecule has 0 amide bonds. The summed E-state index contributed by atoms with van der Waals surface area (Å²) < 4.78 is 32.6. The number of nitrogens with one attached hydrogen (secondary N) is 1. The molecule has 6 nitrogen and oxygen atoms in total. The molecule has 7 heteroatoms. The molecule has 3 rings (SSSR count). The molecular formula is C17H17N3O3S. The van der Waals surface area contributed by atoms with Crippen molar-refractivity contribution in [3.05, 3.63) is 59.4 Å². The molecule has 0 radical (unpaired) electrons. The molecule has 0 aliphatic heterocycles. The van der Waals surface area contributed by atoms with Crippen LogP contribution in [0.5, 0.6) is 0 Å². The lowest BCUT2D eigenvalue weighted by Gasteiger charge is -2.10. The van der Waals surface area contributed by atoms with Crippen LogP contribution in [0.1, 0.15) is 17.0 Å². The first-order chi connectivity index (χ1) is 11.3. The lowest BCUT2D eigenvalue weighted by Crippen LogP contribution is -2.13. The van der Waals surface area contributed by atoms with Crippen molar-refractivity contribution in [3.63, 3.8) is 0 Å². The molecule has 0 spiro atoms. The van der Waals surface area contributed by atoms with Gasteiger partial charge in [-0.2, -0.15) is 4.98 Å². The molecule has 1 N–H and O–H groups in total.